The van der Waals surface area contributed by atoms with Crippen LogP contribution in [0.3, 0.4) is 0 Å². The molecule has 7 nitrogen and oxygen atoms in total. The van der Waals surface area contributed by atoms with Crippen molar-refractivity contribution in [1.82, 2.24) is 9.88 Å². The number of benzene rings is 1. The van der Waals surface area contributed by atoms with E-state index in [0.29, 0.717) is 34.8 Å². The zero-order valence-electron chi connectivity index (χ0n) is 17.1. The van der Waals surface area contributed by atoms with Crippen LogP contribution in [0.2, 0.25) is 0 Å². The maximum absolute atomic E-state index is 12.5. The fraction of sp³-hybridized carbons (Fsp3) is 0.476. The highest BCUT2D eigenvalue weighted by molar-refractivity contribution is 7.13. The Hall–Kier alpha value is -2.45. The molecule has 8 heteroatoms. The molecule has 2 amide bonds. The molecule has 0 saturated carbocycles. The monoisotopic (exact) mass is 416 g/mol. The van der Waals surface area contributed by atoms with E-state index in [0.717, 1.165) is 25.3 Å². The van der Waals surface area contributed by atoms with Gasteiger partial charge < -0.3 is 4.74 Å². The molecule has 1 aliphatic rings. The number of carbonyl (C=O) groups excluding carboxylic acids is 2. The van der Waals surface area contributed by atoms with Crippen LogP contribution in [-0.2, 0) is 11.3 Å². The van der Waals surface area contributed by atoms with Crippen LogP contribution in [0.15, 0.2) is 29.6 Å². The lowest BCUT2D eigenvalue weighted by molar-refractivity contribution is 0.102. The van der Waals surface area contributed by atoms with Gasteiger partial charge in [0.15, 0.2) is 5.13 Å². The Bertz CT molecular complexity index is 827. The van der Waals surface area contributed by atoms with E-state index in [-0.39, 0.29) is 5.91 Å². The van der Waals surface area contributed by atoms with Crippen molar-refractivity contribution in [2.24, 2.45) is 11.8 Å². The lowest BCUT2D eigenvalue weighted by Crippen LogP contribution is -2.38. The van der Waals surface area contributed by atoms with Crippen molar-refractivity contribution in [3.8, 4) is 0 Å². The van der Waals surface area contributed by atoms with E-state index in [1.54, 1.807) is 31.2 Å². The molecule has 0 radical (unpaired) electrons. The number of hydrogen-bond acceptors (Lipinski definition) is 6. The van der Waals surface area contributed by atoms with Gasteiger partial charge in [-0.05, 0) is 49.4 Å². The SMILES string of the molecule is CCOC(=O)Nc1ccc(C(=O)Nc2nc(CN3C[C@H](C)C[C@@H](C)C3)cs2)cc1. The number of aromatic nitrogens is 1. The molecule has 156 valence electrons. The lowest BCUT2D eigenvalue weighted by atomic mass is 9.92. The summed E-state index contributed by atoms with van der Waals surface area (Å²) in [5.41, 5.74) is 2.05. The molecular formula is C21H28N4O3S. The Labute approximate surface area is 175 Å². The molecule has 1 aromatic carbocycles. The summed E-state index contributed by atoms with van der Waals surface area (Å²) in [5.74, 6) is 1.18. The van der Waals surface area contributed by atoms with E-state index in [2.05, 4.69) is 34.4 Å². The number of nitrogens with zero attached hydrogens (tertiary/aromatic N) is 2. The summed E-state index contributed by atoms with van der Waals surface area (Å²) in [6.45, 7) is 9.63. The predicted molar refractivity (Wildman–Crippen MR) is 115 cm³/mol. The van der Waals surface area contributed by atoms with Gasteiger partial charge in [-0.3, -0.25) is 20.3 Å². The average Bonchev–Trinajstić information content (AvgIpc) is 3.08. The van der Waals surface area contributed by atoms with Crippen molar-refractivity contribution in [3.63, 3.8) is 0 Å². The summed E-state index contributed by atoms with van der Waals surface area (Å²) < 4.78 is 4.83. The zero-order chi connectivity index (χ0) is 20.8. The fourth-order valence-electron chi connectivity index (χ4n) is 3.75. The second-order valence-electron chi connectivity index (χ2n) is 7.66. The summed E-state index contributed by atoms with van der Waals surface area (Å²) in [5, 5.41) is 8.05. The molecule has 29 heavy (non-hydrogen) atoms. The number of anilines is 2. The molecule has 1 fully saturated rings. The topological polar surface area (TPSA) is 83.6 Å². The number of thiazole rings is 1. The molecular weight excluding hydrogens is 388 g/mol. The minimum absolute atomic E-state index is 0.228. The van der Waals surface area contributed by atoms with Crippen molar-refractivity contribution >= 4 is 34.2 Å². The van der Waals surface area contributed by atoms with Crippen LogP contribution in [0.4, 0.5) is 15.6 Å². The van der Waals surface area contributed by atoms with Crippen LogP contribution in [0.25, 0.3) is 0 Å². The van der Waals surface area contributed by atoms with Gasteiger partial charge >= 0.3 is 6.09 Å². The van der Waals surface area contributed by atoms with Gasteiger partial charge in [-0.1, -0.05) is 13.8 Å². The van der Waals surface area contributed by atoms with Gasteiger partial charge in [0.2, 0.25) is 0 Å². The van der Waals surface area contributed by atoms with Gasteiger partial charge in [0.05, 0.1) is 12.3 Å². The number of likely N-dealkylation sites (tertiary alicyclic amines) is 1. The van der Waals surface area contributed by atoms with Gasteiger partial charge in [0.1, 0.15) is 0 Å². The number of nitrogens with one attached hydrogen (secondary N) is 2. The van der Waals surface area contributed by atoms with Crippen LogP contribution >= 0.6 is 11.3 Å². The van der Waals surface area contributed by atoms with E-state index < -0.39 is 6.09 Å². The molecule has 3 rings (SSSR count). The highest BCUT2D eigenvalue weighted by atomic mass is 32.1. The van der Waals surface area contributed by atoms with Crippen molar-refractivity contribution in [3.05, 3.63) is 40.9 Å². The maximum atomic E-state index is 12.5. The van der Waals surface area contributed by atoms with Crippen LogP contribution < -0.4 is 10.6 Å². The summed E-state index contributed by atoms with van der Waals surface area (Å²) >= 11 is 1.44. The van der Waals surface area contributed by atoms with Crippen LogP contribution in [0, 0.1) is 11.8 Å². The van der Waals surface area contributed by atoms with Gasteiger partial charge in [-0.25, -0.2) is 9.78 Å². The van der Waals surface area contributed by atoms with Crippen LogP contribution in [-0.4, -0.2) is 41.6 Å². The number of hydrogen-bond donors (Lipinski definition) is 2. The number of piperidine rings is 1. The zero-order valence-corrected chi connectivity index (χ0v) is 17.9. The van der Waals surface area contributed by atoms with Gasteiger partial charge in [0, 0.05) is 36.3 Å². The molecule has 1 aliphatic heterocycles. The van der Waals surface area contributed by atoms with Crippen molar-refractivity contribution < 1.29 is 14.3 Å². The van der Waals surface area contributed by atoms with E-state index in [1.807, 2.05) is 5.38 Å². The van der Waals surface area contributed by atoms with Crippen LogP contribution in [0.1, 0.15) is 43.2 Å². The minimum Gasteiger partial charge on any atom is -0.450 e. The quantitative estimate of drug-likeness (QED) is 0.727. The average molecular weight is 417 g/mol. The Morgan fingerprint density at radius 1 is 1.17 bits per heavy atom. The molecule has 2 aromatic rings. The molecule has 2 N–H and O–H groups in total. The van der Waals surface area contributed by atoms with Crippen molar-refractivity contribution in [2.75, 3.05) is 30.3 Å². The third kappa shape index (κ3) is 6.27. The molecule has 1 saturated heterocycles. The highest BCUT2D eigenvalue weighted by Gasteiger charge is 2.22. The Morgan fingerprint density at radius 2 is 1.86 bits per heavy atom. The first-order chi connectivity index (χ1) is 13.9. The number of ether oxygens (including phenoxy) is 1. The van der Waals surface area contributed by atoms with Crippen molar-refractivity contribution in [2.45, 2.75) is 33.7 Å². The summed E-state index contributed by atoms with van der Waals surface area (Å²) in [6.07, 6.45) is 0.765. The minimum atomic E-state index is -0.516. The number of amides is 2. The van der Waals surface area contributed by atoms with Gasteiger partial charge in [-0.2, -0.15) is 0 Å². The second kappa shape index (κ2) is 9.84. The van der Waals surface area contributed by atoms with E-state index in [9.17, 15) is 9.59 Å². The van der Waals surface area contributed by atoms with Gasteiger partial charge in [-0.15, -0.1) is 11.3 Å². The largest absolute Gasteiger partial charge is 0.450 e. The molecule has 1 aromatic heterocycles. The van der Waals surface area contributed by atoms with E-state index >= 15 is 0 Å². The third-order valence-electron chi connectivity index (χ3n) is 4.77. The molecule has 0 unspecified atom stereocenters. The van der Waals surface area contributed by atoms with E-state index in [4.69, 9.17) is 4.74 Å². The molecule has 0 bridgehead atoms. The Kier molecular flexibility index (Phi) is 7.22. The number of rotatable bonds is 6. The molecule has 0 spiro atoms. The van der Waals surface area contributed by atoms with Crippen molar-refractivity contribution in [1.29, 1.82) is 0 Å². The summed E-state index contributed by atoms with van der Waals surface area (Å²) in [4.78, 5) is 30.9. The highest BCUT2D eigenvalue weighted by Crippen LogP contribution is 2.24. The second-order valence-corrected chi connectivity index (χ2v) is 8.52. The predicted octanol–water partition coefficient (Wildman–Crippen LogP) is 4.44. The molecule has 0 aliphatic carbocycles. The summed E-state index contributed by atoms with van der Waals surface area (Å²) in [7, 11) is 0. The van der Waals surface area contributed by atoms with Gasteiger partial charge in [0.25, 0.3) is 5.91 Å². The first kappa shape index (κ1) is 21.3. The Balaban J connectivity index is 1.54. The third-order valence-corrected chi connectivity index (χ3v) is 5.58. The fourth-order valence-corrected chi connectivity index (χ4v) is 4.44. The standard InChI is InChI=1S/C21H28N4O3S/c1-4-28-21(27)23-17-7-5-16(6-8-17)19(26)24-20-22-18(13-29-20)12-25-10-14(2)9-15(3)11-25/h5-8,13-15H,4,9-12H2,1-3H3,(H,23,27)(H,22,24,26)/t14-,15-/m1/s1. The maximum Gasteiger partial charge on any atom is 0.411 e. The first-order valence-electron chi connectivity index (χ1n) is 9.95. The smallest absolute Gasteiger partial charge is 0.411 e. The molecule has 2 atom stereocenters. The number of carbonyl (C=O) groups is 2. The van der Waals surface area contributed by atoms with E-state index in [1.165, 1.54) is 17.8 Å². The lowest BCUT2D eigenvalue weighted by Gasteiger charge is -2.34. The first-order valence-corrected chi connectivity index (χ1v) is 10.8. The summed E-state index contributed by atoms with van der Waals surface area (Å²) in [6, 6.07) is 6.64. The Morgan fingerprint density at radius 3 is 2.52 bits per heavy atom. The normalized spacial score (nSPS) is 19.6. The molecule has 2 heterocycles. The van der Waals surface area contributed by atoms with Crippen LogP contribution in [0.5, 0.6) is 0 Å².